The van der Waals surface area contributed by atoms with Gasteiger partial charge in [0.1, 0.15) is 0 Å². The van der Waals surface area contributed by atoms with Gasteiger partial charge in [-0.3, -0.25) is 9.79 Å². The topological polar surface area (TPSA) is 45.2 Å². The van der Waals surface area contributed by atoms with E-state index in [-0.39, 0.29) is 5.78 Å². The van der Waals surface area contributed by atoms with Crippen molar-refractivity contribution in [1.82, 2.24) is 4.98 Å². The smallest absolute Gasteiger partial charge is 0.171 e. The molecule has 0 bridgehead atoms. The summed E-state index contributed by atoms with van der Waals surface area (Å²) in [5.74, 6) is 0.134. The van der Waals surface area contributed by atoms with Crippen molar-refractivity contribution in [2.75, 3.05) is 0 Å². The lowest BCUT2D eigenvalue weighted by atomic mass is 9.99. The molecule has 0 aliphatic carbocycles. The Labute approximate surface area is 92.8 Å². The van der Waals surface area contributed by atoms with Crippen molar-refractivity contribution in [2.45, 2.75) is 6.42 Å². The van der Waals surface area contributed by atoms with E-state index in [1.54, 1.807) is 0 Å². The van der Waals surface area contributed by atoms with Crippen molar-refractivity contribution in [2.24, 2.45) is 4.99 Å². The highest BCUT2D eigenvalue weighted by atomic mass is 16.1. The van der Waals surface area contributed by atoms with Crippen LogP contribution >= 0.6 is 0 Å². The Morgan fingerprint density at radius 2 is 2.00 bits per heavy atom. The van der Waals surface area contributed by atoms with Crippen molar-refractivity contribution >= 4 is 17.2 Å². The molecule has 1 aromatic carbocycles. The fourth-order valence-electron chi connectivity index (χ4n) is 1.90. The van der Waals surface area contributed by atoms with Gasteiger partial charge in [-0.2, -0.15) is 0 Å². The van der Waals surface area contributed by atoms with Gasteiger partial charge < -0.3 is 4.98 Å². The summed E-state index contributed by atoms with van der Waals surface area (Å²) in [6.45, 7) is 0. The van der Waals surface area contributed by atoms with Gasteiger partial charge in [0.25, 0.3) is 0 Å². The first-order chi connectivity index (χ1) is 7.84. The van der Waals surface area contributed by atoms with Gasteiger partial charge in [0.2, 0.25) is 0 Å². The quantitative estimate of drug-likeness (QED) is 0.772. The Balaban J connectivity index is 2.13. The average Bonchev–Trinajstić information content (AvgIpc) is 2.82. The highest BCUT2D eigenvalue weighted by molar-refractivity contribution is 6.20. The average molecular weight is 210 g/mol. The number of hydrogen-bond acceptors (Lipinski definition) is 2. The largest absolute Gasteiger partial charge is 0.360 e. The summed E-state index contributed by atoms with van der Waals surface area (Å²) in [6.07, 6.45) is 2.21. The summed E-state index contributed by atoms with van der Waals surface area (Å²) < 4.78 is 0. The zero-order valence-corrected chi connectivity index (χ0v) is 8.60. The fourth-order valence-corrected chi connectivity index (χ4v) is 1.90. The van der Waals surface area contributed by atoms with Gasteiger partial charge in [-0.05, 0) is 24.3 Å². The molecule has 3 heteroatoms. The molecule has 0 radical (unpaired) electrons. The lowest BCUT2D eigenvalue weighted by molar-refractivity contribution is 0.1000. The van der Waals surface area contributed by atoms with Gasteiger partial charge in [-0.1, -0.05) is 12.1 Å². The van der Waals surface area contributed by atoms with Crippen LogP contribution in [0.5, 0.6) is 0 Å². The minimum Gasteiger partial charge on any atom is -0.360 e. The number of aromatic nitrogens is 1. The zero-order chi connectivity index (χ0) is 11.0. The second kappa shape index (κ2) is 3.45. The maximum Gasteiger partial charge on any atom is 0.171 e. The first kappa shape index (κ1) is 9.09. The van der Waals surface area contributed by atoms with Crippen LogP contribution in [-0.2, 0) is 0 Å². The molecule has 2 heterocycles. The number of ketones is 1. The molecule has 3 rings (SSSR count). The van der Waals surface area contributed by atoms with E-state index in [1.807, 2.05) is 42.6 Å². The van der Waals surface area contributed by atoms with Crippen LogP contribution in [0.4, 0.5) is 5.69 Å². The van der Waals surface area contributed by atoms with Crippen LogP contribution in [0.3, 0.4) is 0 Å². The molecule has 78 valence electrons. The number of nitrogens with zero attached hydrogens (tertiary/aromatic N) is 1. The number of H-pyrrole nitrogens is 1. The van der Waals surface area contributed by atoms with Gasteiger partial charge in [-0.25, -0.2) is 0 Å². The standard InChI is InChI=1S/C13H10N2O/c16-13-8-12(11-6-3-7-14-11)15-10-5-2-1-4-9(10)13/h1-7,14H,8H2. The van der Waals surface area contributed by atoms with Crippen LogP contribution < -0.4 is 0 Å². The van der Waals surface area contributed by atoms with Crippen LogP contribution in [-0.4, -0.2) is 16.5 Å². The van der Waals surface area contributed by atoms with Gasteiger partial charge >= 0.3 is 0 Å². The van der Waals surface area contributed by atoms with Crippen molar-refractivity contribution in [3.8, 4) is 0 Å². The normalized spacial score (nSPS) is 14.5. The molecule has 0 fully saturated rings. The number of Topliss-reactive ketones (excluding diaryl/α,β-unsaturated/α-hetero) is 1. The van der Waals surface area contributed by atoms with Crippen molar-refractivity contribution in [1.29, 1.82) is 0 Å². The summed E-state index contributed by atoms with van der Waals surface area (Å²) in [6, 6.07) is 11.3. The Hall–Kier alpha value is -2.16. The van der Waals surface area contributed by atoms with E-state index in [0.29, 0.717) is 6.42 Å². The summed E-state index contributed by atoms with van der Waals surface area (Å²) in [5, 5.41) is 0. The monoisotopic (exact) mass is 210 g/mol. The molecular formula is C13H10N2O. The summed E-state index contributed by atoms with van der Waals surface area (Å²) >= 11 is 0. The van der Waals surface area contributed by atoms with Crippen molar-refractivity contribution in [3.05, 3.63) is 53.9 Å². The molecule has 0 saturated carbocycles. The first-order valence-corrected chi connectivity index (χ1v) is 5.18. The number of nitrogens with one attached hydrogen (secondary N) is 1. The molecular weight excluding hydrogens is 200 g/mol. The van der Waals surface area contributed by atoms with E-state index < -0.39 is 0 Å². The second-order valence-corrected chi connectivity index (χ2v) is 3.76. The third-order valence-electron chi connectivity index (χ3n) is 2.70. The lowest BCUT2D eigenvalue weighted by Gasteiger charge is -2.13. The van der Waals surface area contributed by atoms with Gasteiger partial charge in [0.05, 0.1) is 23.5 Å². The Morgan fingerprint density at radius 1 is 1.12 bits per heavy atom. The number of aromatic amines is 1. The van der Waals surface area contributed by atoms with Gasteiger partial charge in [0, 0.05) is 11.8 Å². The fraction of sp³-hybridized carbons (Fsp3) is 0.0769. The third-order valence-corrected chi connectivity index (χ3v) is 2.70. The van der Waals surface area contributed by atoms with Crippen LogP contribution in [0, 0.1) is 0 Å². The van der Waals surface area contributed by atoms with E-state index in [0.717, 1.165) is 22.7 Å². The minimum absolute atomic E-state index is 0.134. The SMILES string of the molecule is O=C1CC(c2ccc[nH]2)=Nc2ccccc21. The molecule has 1 aliphatic rings. The number of rotatable bonds is 1. The maximum atomic E-state index is 11.9. The maximum absolute atomic E-state index is 11.9. The second-order valence-electron chi connectivity index (χ2n) is 3.76. The molecule has 16 heavy (non-hydrogen) atoms. The van der Waals surface area contributed by atoms with E-state index in [2.05, 4.69) is 9.98 Å². The van der Waals surface area contributed by atoms with Crippen molar-refractivity contribution in [3.63, 3.8) is 0 Å². The molecule has 0 saturated heterocycles. The molecule has 0 amide bonds. The third kappa shape index (κ3) is 1.37. The molecule has 1 aliphatic heterocycles. The van der Waals surface area contributed by atoms with E-state index in [9.17, 15) is 4.79 Å². The van der Waals surface area contributed by atoms with Crippen LogP contribution in [0.2, 0.25) is 0 Å². The van der Waals surface area contributed by atoms with E-state index in [4.69, 9.17) is 0 Å². The Bertz CT molecular complexity index is 567. The van der Waals surface area contributed by atoms with Crippen LogP contribution in [0.1, 0.15) is 22.5 Å². The molecule has 0 spiro atoms. The molecule has 0 atom stereocenters. The molecule has 2 aromatic rings. The Kier molecular flexibility index (Phi) is 1.96. The highest BCUT2D eigenvalue weighted by Gasteiger charge is 2.20. The highest BCUT2D eigenvalue weighted by Crippen LogP contribution is 2.26. The molecule has 0 unspecified atom stereocenters. The Morgan fingerprint density at radius 3 is 2.81 bits per heavy atom. The molecule has 1 aromatic heterocycles. The molecule has 3 nitrogen and oxygen atoms in total. The van der Waals surface area contributed by atoms with Gasteiger partial charge in [-0.15, -0.1) is 0 Å². The predicted octanol–water partition coefficient (Wildman–Crippen LogP) is 2.72. The van der Waals surface area contributed by atoms with Crippen LogP contribution in [0.25, 0.3) is 0 Å². The summed E-state index contributed by atoms with van der Waals surface area (Å²) in [5.41, 5.74) is 3.22. The minimum atomic E-state index is 0.134. The van der Waals surface area contributed by atoms with Crippen molar-refractivity contribution < 1.29 is 4.79 Å². The number of fused-ring (bicyclic) bond motifs is 1. The van der Waals surface area contributed by atoms with Crippen LogP contribution in [0.15, 0.2) is 47.6 Å². The molecule has 1 N–H and O–H groups in total. The summed E-state index contributed by atoms with van der Waals surface area (Å²) in [4.78, 5) is 19.5. The zero-order valence-electron chi connectivity index (χ0n) is 8.60. The number of hydrogen-bond donors (Lipinski definition) is 1. The number of carbonyl (C=O) groups is 1. The van der Waals surface area contributed by atoms with E-state index in [1.165, 1.54) is 0 Å². The number of benzene rings is 1. The predicted molar refractivity (Wildman–Crippen MR) is 62.4 cm³/mol. The lowest BCUT2D eigenvalue weighted by Crippen LogP contribution is -2.14. The number of carbonyl (C=O) groups excluding carboxylic acids is 1. The van der Waals surface area contributed by atoms with E-state index >= 15 is 0 Å². The van der Waals surface area contributed by atoms with Gasteiger partial charge in [0.15, 0.2) is 5.78 Å². The number of para-hydroxylation sites is 1. The number of aliphatic imine (C=N–C) groups is 1. The summed E-state index contributed by atoms with van der Waals surface area (Å²) in [7, 11) is 0. The first-order valence-electron chi connectivity index (χ1n) is 5.18.